The molecule has 0 bridgehead atoms. The minimum absolute atomic E-state index is 0.0100. The number of rotatable bonds is 6. The molecule has 0 heterocycles. The molecule has 3 heteroatoms. The van der Waals surface area contributed by atoms with E-state index in [1.807, 2.05) is 18.2 Å². The number of terminal acetylenes is 1. The first-order chi connectivity index (χ1) is 8.99. The maximum Gasteiger partial charge on any atom is 0.123 e. The summed E-state index contributed by atoms with van der Waals surface area (Å²) in [6.45, 7) is 8.37. The van der Waals surface area contributed by atoms with Gasteiger partial charge in [-0.25, -0.2) is 0 Å². The van der Waals surface area contributed by atoms with Gasteiger partial charge in [-0.2, -0.15) is 0 Å². The van der Waals surface area contributed by atoms with E-state index in [1.54, 1.807) is 7.11 Å². The second kappa shape index (κ2) is 7.06. The van der Waals surface area contributed by atoms with Crippen LogP contribution in [0.3, 0.4) is 0 Å². The van der Waals surface area contributed by atoms with Crippen molar-refractivity contribution in [3.63, 3.8) is 0 Å². The summed E-state index contributed by atoms with van der Waals surface area (Å²) in [5.41, 5.74) is 1.15. The van der Waals surface area contributed by atoms with Crippen LogP contribution in [0.5, 0.6) is 11.5 Å². The van der Waals surface area contributed by atoms with Crippen molar-refractivity contribution >= 4 is 0 Å². The molecule has 0 aliphatic rings. The van der Waals surface area contributed by atoms with Crippen LogP contribution in [-0.4, -0.2) is 26.8 Å². The van der Waals surface area contributed by atoms with Crippen LogP contribution in [0.25, 0.3) is 0 Å². The predicted molar refractivity (Wildman–Crippen MR) is 78.9 cm³/mol. The van der Waals surface area contributed by atoms with Gasteiger partial charge in [-0.15, -0.1) is 6.42 Å². The van der Waals surface area contributed by atoms with Gasteiger partial charge in [-0.1, -0.05) is 26.7 Å². The largest absolute Gasteiger partial charge is 0.497 e. The molecule has 1 rings (SSSR count). The van der Waals surface area contributed by atoms with Gasteiger partial charge in [0.05, 0.1) is 13.7 Å². The SMILES string of the molecule is C#CCNCCOc1ccc(OC)cc1C(C)(C)C. The van der Waals surface area contributed by atoms with Gasteiger partial charge >= 0.3 is 0 Å². The van der Waals surface area contributed by atoms with E-state index in [-0.39, 0.29) is 5.41 Å². The molecular weight excluding hydrogens is 238 g/mol. The topological polar surface area (TPSA) is 30.5 Å². The summed E-state index contributed by atoms with van der Waals surface area (Å²) in [5, 5.41) is 3.10. The van der Waals surface area contributed by atoms with Crippen LogP contribution in [-0.2, 0) is 5.41 Å². The van der Waals surface area contributed by atoms with E-state index in [9.17, 15) is 0 Å². The summed E-state index contributed by atoms with van der Waals surface area (Å²) in [6.07, 6.45) is 5.17. The molecule has 0 fully saturated rings. The van der Waals surface area contributed by atoms with Crippen LogP contribution < -0.4 is 14.8 Å². The van der Waals surface area contributed by atoms with E-state index < -0.39 is 0 Å². The molecule has 104 valence electrons. The molecule has 0 amide bonds. The molecule has 1 N–H and O–H groups in total. The first kappa shape index (κ1) is 15.4. The number of nitrogens with one attached hydrogen (secondary N) is 1. The predicted octanol–water partition coefficient (Wildman–Crippen LogP) is 2.59. The number of benzene rings is 1. The molecule has 0 saturated heterocycles. The second-order valence-corrected chi connectivity index (χ2v) is 5.34. The molecular formula is C16H23NO2. The Labute approximate surface area is 116 Å². The summed E-state index contributed by atoms with van der Waals surface area (Å²) >= 11 is 0. The molecule has 0 atom stereocenters. The Bertz CT molecular complexity index is 441. The average molecular weight is 261 g/mol. The van der Waals surface area contributed by atoms with Crippen molar-refractivity contribution in [2.24, 2.45) is 0 Å². The van der Waals surface area contributed by atoms with E-state index in [4.69, 9.17) is 15.9 Å². The van der Waals surface area contributed by atoms with Crippen molar-refractivity contribution < 1.29 is 9.47 Å². The third kappa shape index (κ3) is 4.84. The molecule has 0 aliphatic heterocycles. The van der Waals surface area contributed by atoms with Gasteiger partial charge < -0.3 is 14.8 Å². The Balaban J connectivity index is 2.74. The first-order valence-electron chi connectivity index (χ1n) is 6.44. The van der Waals surface area contributed by atoms with Gasteiger partial charge in [-0.3, -0.25) is 0 Å². The maximum absolute atomic E-state index is 5.82. The highest BCUT2D eigenvalue weighted by molar-refractivity contribution is 5.44. The van der Waals surface area contributed by atoms with Crippen LogP contribution in [0.15, 0.2) is 18.2 Å². The molecule has 0 radical (unpaired) electrons. The molecule has 0 spiro atoms. The van der Waals surface area contributed by atoms with Crippen molar-refractivity contribution in [1.29, 1.82) is 0 Å². The van der Waals surface area contributed by atoms with Crippen molar-refractivity contribution in [1.82, 2.24) is 5.32 Å². The molecule has 1 aromatic carbocycles. The Kier molecular flexibility index (Phi) is 5.72. The van der Waals surface area contributed by atoms with Crippen molar-refractivity contribution in [2.75, 3.05) is 26.8 Å². The molecule has 0 saturated carbocycles. The zero-order valence-corrected chi connectivity index (χ0v) is 12.2. The third-order valence-electron chi connectivity index (χ3n) is 2.76. The number of methoxy groups -OCH3 is 1. The van der Waals surface area contributed by atoms with Crippen LogP contribution in [0.1, 0.15) is 26.3 Å². The first-order valence-corrected chi connectivity index (χ1v) is 6.44. The van der Waals surface area contributed by atoms with Gasteiger partial charge in [0.2, 0.25) is 0 Å². The maximum atomic E-state index is 5.82. The lowest BCUT2D eigenvalue weighted by molar-refractivity contribution is 0.307. The van der Waals surface area contributed by atoms with Gasteiger partial charge in [0.25, 0.3) is 0 Å². The lowest BCUT2D eigenvalue weighted by atomic mass is 9.86. The summed E-state index contributed by atoms with van der Waals surface area (Å²) in [7, 11) is 1.67. The molecule has 0 aliphatic carbocycles. The zero-order chi connectivity index (χ0) is 14.3. The highest BCUT2D eigenvalue weighted by atomic mass is 16.5. The monoisotopic (exact) mass is 261 g/mol. The Morgan fingerprint density at radius 2 is 2.05 bits per heavy atom. The highest BCUT2D eigenvalue weighted by Gasteiger charge is 2.19. The Morgan fingerprint density at radius 3 is 2.63 bits per heavy atom. The van der Waals surface area contributed by atoms with E-state index in [0.717, 1.165) is 23.6 Å². The van der Waals surface area contributed by atoms with Gasteiger partial charge in [0.15, 0.2) is 0 Å². The minimum Gasteiger partial charge on any atom is -0.497 e. The fourth-order valence-electron chi connectivity index (χ4n) is 1.74. The van der Waals surface area contributed by atoms with Crippen LogP contribution >= 0.6 is 0 Å². The second-order valence-electron chi connectivity index (χ2n) is 5.34. The molecule has 0 unspecified atom stereocenters. The summed E-state index contributed by atoms with van der Waals surface area (Å²) < 4.78 is 11.1. The van der Waals surface area contributed by atoms with Crippen molar-refractivity contribution in [3.05, 3.63) is 23.8 Å². The van der Waals surface area contributed by atoms with Crippen molar-refractivity contribution in [2.45, 2.75) is 26.2 Å². The average Bonchev–Trinajstić information content (AvgIpc) is 2.37. The van der Waals surface area contributed by atoms with E-state index in [2.05, 4.69) is 32.0 Å². The standard InChI is InChI=1S/C16H23NO2/c1-6-9-17-10-11-19-15-8-7-13(18-5)12-14(15)16(2,3)4/h1,7-8,12,17H,9-11H2,2-5H3. The minimum atomic E-state index is 0.0100. The van der Waals surface area contributed by atoms with E-state index in [1.165, 1.54) is 0 Å². The number of hydrogen-bond donors (Lipinski definition) is 1. The molecule has 19 heavy (non-hydrogen) atoms. The number of ether oxygens (including phenoxy) is 2. The van der Waals surface area contributed by atoms with Crippen molar-refractivity contribution in [3.8, 4) is 23.8 Å². The smallest absolute Gasteiger partial charge is 0.123 e. The van der Waals surface area contributed by atoms with Gasteiger partial charge in [0.1, 0.15) is 18.1 Å². The summed E-state index contributed by atoms with van der Waals surface area (Å²) in [4.78, 5) is 0. The Morgan fingerprint density at radius 1 is 1.32 bits per heavy atom. The summed E-state index contributed by atoms with van der Waals surface area (Å²) in [6, 6.07) is 5.91. The highest BCUT2D eigenvalue weighted by Crippen LogP contribution is 2.34. The summed E-state index contributed by atoms with van der Waals surface area (Å²) in [5.74, 6) is 4.28. The van der Waals surface area contributed by atoms with E-state index >= 15 is 0 Å². The lowest BCUT2D eigenvalue weighted by Gasteiger charge is -2.23. The fraction of sp³-hybridized carbons (Fsp3) is 0.500. The van der Waals surface area contributed by atoms with E-state index in [0.29, 0.717) is 13.2 Å². The number of hydrogen-bond acceptors (Lipinski definition) is 3. The quantitative estimate of drug-likeness (QED) is 0.630. The van der Waals surface area contributed by atoms with Crippen LogP contribution in [0, 0.1) is 12.3 Å². The zero-order valence-electron chi connectivity index (χ0n) is 12.2. The molecule has 1 aromatic rings. The molecule has 0 aromatic heterocycles. The lowest BCUT2D eigenvalue weighted by Crippen LogP contribution is -2.22. The van der Waals surface area contributed by atoms with Crippen LogP contribution in [0.4, 0.5) is 0 Å². The van der Waals surface area contributed by atoms with Gasteiger partial charge in [-0.05, 0) is 23.6 Å². The fourth-order valence-corrected chi connectivity index (χ4v) is 1.74. The molecule has 3 nitrogen and oxygen atoms in total. The van der Waals surface area contributed by atoms with Gasteiger partial charge in [0, 0.05) is 12.1 Å². The Hall–Kier alpha value is -1.66. The van der Waals surface area contributed by atoms with Crippen LogP contribution in [0.2, 0.25) is 0 Å². The normalized spacial score (nSPS) is 10.9. The third-order valence-corrected chi connectivity index (χ3v) is 2.76.